The van der Waals surface area contributed by atoms with E-state index in [1.165, 1.54) is 6.08 Å². The number of nitrogens with zero attached hydrogens (tertiary/aromatic N) is 2. The maximum Gasteiger partial charge on any atom is 0.339 e. The van der Waals surface area contributed by atoms with Crippen molar-refractivity contribution >= 4 is 34.3 Å². The molecule has 0 fully saturated rings. The van der Waals surface area contributed by atoms with Crippen LogP contribution in [0.3, 0.4) is 0 Å². The number of phenolic OH excluding ortho intramolecular Hbond substituents is 1. The average Bonchev–Trinajstić information content (AvgIpc) is 3.05. The number of H-pyrrole nitrogens is 1. The molecule has 0 aliphatic heterocycles. The quantitative estimate of drug-likeness (QED) is 0.589. The summed E-state index contributed by atoms with van der Waals surface area (Å²) in [5.74, 6) is -0.827. The summed E-state index contributed by atoms with van der Waals surface area (Å²) in [7, 11) is 0. The van der Waals surface area contributed by atoms with Crippen LogP contribution < -0.4 is 4.90 Å². The Hall–Kier alpha value is -3.28. The number of carbonyl (C=O) groups is 1. The van der Waals surface area contributed by atoms with E-state index in [9.17, 15) is 15.0 Å². The number of carboxylic acids is 1. The zero-order chi connectivity index (χ0) is 18.7. The molecule has 6 heteroatoms. The zero-order valence-corrected chi connectivity index (χ0v) is 14.7. The first kappa shape index (κ1) is 17.5. The summed E-state index contributed by atoms with van der Waals surface area (Å²) < 4.78 is 0. The van der Waals surface area contributed by atoms with Crippen molar-refractivity contribution in [1.29, 1.82) is 0 Å². The molecule has 0 aliphatic rings. The third-order valence-electron chi connectivity index (χ3n) is 4.32. The third kappa shape index (κ3) is 3.39. The van der Waals surface area contributed by atoms with Gasteiger partial charge in [0.2, 0.25) is 0 Å². The Morgan fingerprint density at radius 3 is 2.54 bits per heavy atom. The molecule has 6 nitrogen and oxygen atoms in total. The van der Waals surface area contributed by atoms with Gasteiger partial charge in [0.15, 0.2) is 0 Å². The van der Waals surface area contributed by atoms with E-state index in [1.807, 2.05) is 44.2 Å². The highest BCUT2D eigenvalue weighted by atomic mass is 16.4. The molecule has 1 heterocycles. The number of aromatic hydroxyl groups is 1. The Labute approximate surface area is 151 Å². The number of imidazole rings is 1. The number of para-hydroxylation sites is 2. The topological polar surface area (TPSA) is 89.5 Å². The first-order valence-electron chi connectivity index (χ1n) is 8.51. The molecule has 134 valence electrons. The molecule has 3 N–H and O–H groups in total. The van der Waals surface area contributed by atoms with E-state index < -0.39 is 5.97 Å². The molecule has 0 spiro atoms. The number of aliphatic carboxylic acids is 1. The second-order valence-corrected chi connectivity index (χ2v) is 5.88. The summed E-state index contributed by atoms with van der Waals surface area (Å²) in [6.45, 7) is 5.73. The van der Waals surface area contributed by atoms with Crippen LogP contribution in [0.1, 0.15) is 25.2 Å². The lowest BCUT2D eigenvalue weighted by atomic mass is 10.1. The van der Waals surface area contributed by atoms with E-state index in [0.717, 1.165) is 24.3 Å². The number of hydrogen-bond acceptors (Lipinski definition) is 4. The van der Waals surface area contributed by atoms with Gasteiger partial charge in [0.1, 0.15) is 17.1 Å². The molecule has 2 aromatic carbocycles. The normalized spacial score (nSPS) is 11.7. The maximum atomic E-state index is 11.7. The number of carboxylic acid groups (broad SMARTS) is 1. The molecule has 0 amide bonds. The monoisotopic (exact) mass is 351 g/mol. The van der Waals surface area contributed by atoms with Crippen molar-refractivity contribution in [1.82, 2.24) is 9.97 Å². The number of aromatic amines is 1. The van der Waals surface area contributed by atoms with E-state index in [0.29, 0.717) is 11.1 Å². The van der Waals surface area contributed by atoms with E-state index in [1.54, 1.807) is 12.1 Å². The van der Waals surface area contributed by atoms with Gasteiger partial charge in [-0.25, -0.2) is 9.78 Å². The molecule has 0 aliphatic carbocycles. The molecule has 3 aromatic rings. The molecule has 0 saturated heterocycles. The SMILES string of the molecule is CCN(CC)c1ccc(/C=C(\C(=O)O)c2nc3ccccc3[nH]2)c(O)c1. The third-order valence-corrected chi connectivity index (χ3v) is 4.32. The molecule has 0 bridgehead atoms. The molecule has 0 atom stereocenters. The lowest BCUT2D eigenvalue weighted by Gasteiger charge is -2.21. The fourth-order valence-electron chi connectivity index (χ4n) is 2.91. The van der Waals surface area contributed by atoms with Crippen LogP contribution in [0.25, 0.3) is 22.7 Å². The van der Waals surface area contributed by atoms with Gasteiger partial charge in [-0.3, -0.25) is 0 Å². The predicted molar refractivity (Wildman–Crippen MR) is 103 cm³/mol. The first-order chi connectivity index (χ1) is 12.5. The number of hydrogen-bond donors (Lipinski definition) is 3. The Morgan fingerprint density at radius 1 is 1.19 bits per heavy atom. The van der Waals surface area contributed by atoms with Crippen LogP contribution in [-0.2, 0) is 4.79 Å². The molecule has 1 aromatic heterocycles. The van der Waals surface area contributed by atoms with Gasteiger partial charge in [0.25, 0.3) is 0 Å². The fourth-order valence-corrected chi connectivity index (χ4v) is 2.91. The molecule has 3 rings (SSSR count). The average molecular weight is 351 g/mol. The van der Waals surface area contributed by atoms with Gasteiger partial charge in [-0.2, -0.15) is 0 Å². The molecule has 0 radical (unpaired) electrons. The Bertz CT molecular complexity index is 938. The molecular formula is C20H21N3O3. The summed E-state index contributed by atoms with van der Waals surface area (Å²) in [4.78, 5) is 21.2. The minimum Gasteiger partial charge on any atom is -0.507 e. The molecule has 0 saturated carbocycles. The van der Waals surface area contributed by atoms with Crippen molar-refractivity contribution in [2.24, 2.45) is 0 Å². The molecule has 26 heavy (non-hydrogen) atoms. The Morgan fingerprint density at radius 2 is 1.92 bits per heavy atom. The highest BCUT2D eigenvalue weighted by Crippen LogP contribution is 2.28. The standard InChI is InChI=1S/C20H21N3O3/c1-3-23(4-2)14-10-9-13(18(24)12-14)11-15(20(25)26)19-21-16-7-5-6-8-17(16)22-19/h5-12,24H,3-4H2,1-2H3,(H,21,22)(H,25,26)/b15-11-. The molecular weight excluding hydrogens is 330 g/mol. The van der Waals surface area contributed by atoms with Crippen molar-refractivity contribution in [3.8, 4) is 5.75 Å². The van der Waals surface area contributed by atoms with Crippen LogP contribution in [0.5, 0.6) is 5.75 Å². The van der Waals surface area contributed by atoms with Gasteiger partial charge in [-0.15, -0.1) is 0 Å². The van der Waals surface area contributed by atoms with Crippen molar-refractivity contribution in [2.45, 2.75) is 13.8 Å². The van der Waals surface area contributed by atoms with E-state index >= 15 is 0 Å². The van der Waals surface area contributed by atoms with Crippen LogP contribution in [0.15, 0.2) is 42.5 Å². The van der Waals surface area contributed by atoms with Crippen LogP contribution in [0.4, 0.5) is 5.69 Å². The Balaban J connectivity index is 2.03. The van der Waals surface area contributed by atoms with Gasteiger partial charge in [0, 0.05) is 30.4 Å². The minimum absolute atomic E-state index is 0.00732. The van der Waals surface area contributed by atoms with Gasteiger partial charge < -0.3 is 20.1 Å². The smallest absolute Gasteiger partial charge is 0.339 e. The van der Waals surface area contributed by atoms with E-state index in [4.69, 9.17) is 0 Å². The van der Waals surface area contributed by atoms with Gasteiger partial charge in [-0.1, -0.05) is 12.1 Å². The minimum atomic E-state index is -1.11. The number of nitrogens with one attached hydrogen (secondary N) is 1. The second kappa shape index (κ2) is 7.31. The number of rotatable bonds is 6. The number of aromatic nitrogens is 2. The highest BCUT2D eigenvalue weighted by Gasteiger charge is 2.16. The van der Waals surface area contributed by atoms with Crippen LogP contribution in [-0.4, -0.2) is 39.2 Å². The fraction of sp³-hybridized carbons (Fsp3) is 0.200. The lowest BCUT2D eigenvalue weighted by molar-refractivity contribution is -0.130. The summed E-state index contributed by atoms with van der Waals surface area (Å²) in [5, 5.41) is 20.0. The van der Waals surface area contributed by atoms with Crippen molar-refractivity contribution in [3.63, 3.8) is 0 Å². The summed E-state index contributed by atoms with van der Waals surface area (Å²) in [6.07, 6.45) is 1.43. The second-order valence-electron chi connectivity index (χ2n) is 5.88. The van der Waals surface area contributed by atoms with Crippen molar-refractivity contribution in [2.75, 3.05) is 18.0 Å². The Kier molecular flexibility index (Phi) is 4.93. The van der Waals surface area contributed by atoms with E-state index in [-0.39, 0.29) is 17.1 Å². The van der Waals surface area contributed by atoms with Gasteiger partial charge in [0.05, 0.1) is 11.0 Å². The largest absolute Gasteiger partial charge is 0.507 e. The summed E-state index contributed by atoms with van der Waals surface area (Å²) in [5.41, 5.74) is 2.77. The van der Waals surface area contributed by atoms with Crippen LogP contribution >= 0.6 is 0 Å². The zero-order valence-electron chi connectivity index (χ0n) is 14.7. The number of benzene rings is 2. The predicted octanol–water partition coefficient (Wildman–Crippen LogP) is 3.74. The van der Waals surface area contributed by atoms with Crippen molar-refractivity contribution in [3.05, 3.63) is 53.9 Å². The van der Waals surface area contributed by atoms with Crippen LogP contribution in [0, 0.1) is 0 Å². The van der Waals surface area contributed by atoms with Crippen LogP contribution in [0.2, 0.25) is 0 Å². The van der Waals surface area contributed by atoms with Gasteiger partial charge >= 0.3 is 5.97 Å². The lowest BCUT2D eigenvalue weighted by Crippen LogP contribution is -2.21. The summed E-state index contributed by atoms with van der Waals surface area (Å²) >= 11 is 0. The first-order valence-corrected chi connectivity index (χ1v) is 8.51. The summed E-state index contributed by atoms with van der Waals surface area (Å²) in [6, 6.07) is 12.6. The number of phenols is 1. The number of anilines is 1. The van der Waals surface area contributed by atoms with Crippen molar-refractivity contribution < 1.29 is 15.0 Å². The highest BCUT2D eigenvalue weighted by molar-refractivity contribution is 6.20. The number of fused-ring (bicyclic) bond motifs is 1. The molecule has 0 unspecified atom stereocenters. The van der Waals surface area contributed by atoms with E-state index in [2.05, 4.69) is 14.9 Å². The van der Waals surface area contributed by atoms with Gasteiger partial charge in [-0.05, 0) is 44.2 Å². The maximum absolute atomic E-state index is 11.7.